The minimum atomic E-state index is 1.26. The monoisotopic (exact) mass is 216 g/mol. The van der Waals surface area contributed by atoms with E-state index in [-0.39, 0.29) is 0 Å². The minimum absolute atomic E-state index is 1.26. The van der Waals surface area contributed by atoms with Crippen molar-refractivity contribution in [1.82, 2.24) is 0 Å². The maximum Gasteiger partial charge on any atom is -0.0260 e. The normalized spacial score (nSPS) is 8.25. The van der Waals surface area contributed by atoms with Gasteiger partial charge in [0.15, 0.2) is 0 Å². The van der Waals surface area contributed by atoms with E-state index in [1.54, 1.807) is 0 Å². The van der Waals surface area contributed by atoms with Crippen molar-refractivity contribution in [3.05, 3.63) is 66.8 Å². The fraction of sp³-hybridized carbons (Fsp3) is 0.250. The molecular formula is C16H24. The first kappa shape index (κ1) is 16.9. The summed E-state index contributed by atoms with van der Waals surface area (Å²) in [7, 11) is 0. The van der Waals surface area contributed by atoms with E-state index < -0.39 is 0 Å². The number of rotatable bonds is 1. The highest BCUT2D eigenvalue weighted by Crippen LogP contribution is 1.99. The third-order valence-electron chi connectivity index (χ3n) is 1.74. The lowest BCUT2D eigenvalue weighted by Gasteiger charge is -1.86. The highest BCUT2D eigenvalue weighted by Gasteiger charge is 1.77. The van der Waals surface area contributed by atoms with Crippen LogP contribution in [0.15, 0.2) is 61.2 Å². The number of hydrogen-bond acceptors (Lipinski definition) is 0. The standard InChI is InChI=1S/C9H10.C5H10.C2H4/c1-2-6-9-7-4-3-5-8-9;1-4-5(2)3;1-2/h2-8H,1H3;4H,1-3H3;1-2H2. The second-order valence-corrected chi connectivity index (χ2v) is 3.28. The quantitative estimate of drug-likeness (QED) is 0.544. The summed E-state index contributed by atoms with van der Waals surface area (Å²) in [6.07, 6.45) is 6.20. The van der Waals surface area contributed by atoms with Gasteiger partial charge in [-0.25, -0.2) is 0 Å². The first-order valence-electron chi connectivity index (χ1n) is 5.48. The summed E-state index contributed by atoms with van der Waals surface area (Å²) in [4.78, 5) is 0. The Balaban J connectivity index is 0. The van der Waals surface area contributed by atoms with E-state index in [1.807, 2.05) is 38.1 Å². The number of benzene rings is 1. The van der Waals surface area contributed by atoms with Crippen molar-refractivity contribution < 1.29 is 0 Å². The lowest BCUT2D eigenvalue weighted by atomic mass is 10.2. The van der Waals surface area contributed by atoms with Crippen molar-refractivity contribution in [3.63, 3.8) is 0 Å². The Kier molecular flexibility index (Phi) is 14.2. The third kappa shape index (κ3) is 12.4. The first-order valence-corrected chi connectivity index (χ1v) is 5.48. The van der Waals surface area contributed by atoms with Crippen LogP contribution < -0.4 is 0 Å². The largest absolute Gasteiger partial charge is 0.106 e. The molecule has 0 unspecified atom stereocenters. The van der Waals surface area contributed by atoms with Crippen LogP contribution in [0.25, 0.3) is 6.08 Å². The van der Waals surface area contributed by atoms with Crippen molar-refractivity contribution in [2.45, 2.75) is 27.7 Å². The van der Waals surface area contributed by atoms with Gasteiger partial charge >= 0.3 is 0 Å². The minimum Gasteiger partial charge on any atom is -0.106 e. The average Bonchev–Trinajstić information content (AvgIpc) is 2.34. The van der Waals surface area contributed by atoms with Gasteiger partial charge in [0.1, 0.15) is 0 Å². The molecule has 0 amide bonds. The summed E-state index contributed by atoms with van der Waals surface area (Å²) in [5.74, 6) is 0. The lowest BCUT2D eigenvalue weighted by molar-refractivity contribution is 1.36. The molecule has 88 valence electrons. The molecule has 1 aromatic carbocycles. The molecule has 0 saturated carbocycles. The molecule has 0 aliphatic heterocycles. The van der Waals surface area contributed by atoms with Crippen LogP contribution in [-0.2, 0) is 0 Å². The van der Waals surface area contributed by atoms with Gasteiger partial charge in [0.05, 0.1) is 0 Å². The Morgan fingerprint density at radius 1 is 1.00 bits per heavy atom. The maximum atomic E-state index is 3.00. The summed E-state index contributed by atoms with van der Waals surface area (Å²) in [6.45, 7) is 14.2. The van der Waals surface area contributed by atoms with Crippen LogP contribution >= 0.6 is 0 Å². The molecular weight excluding hydrogens is 192 g/mol. The number of allylic oxidation sites excluding steroid dienone is 3. The van der Waals surface area contributed by atoms with Gasteiger partial charge in [-0.3, -0.25) is 0 Å². The zero-order chi connectivity index (χ0) is 12.8. The molecule has 0 N–H and O–H groups in total. The molecule has 1 rings (SSSR count). The molecule has 0 nitrogen and oxygen atoms in total. The van der Waals surface area contributed by atoms with Crippen molar-refractivity contribution in [2.24, 2.45) is 0 Å². The van der Waals surface area contributed by atoms with Crippen LogP contribution in [0.5, 0.6) is 0 Å². The predicted molar refractivity (Wildman–Crippen MR) is 77.5 cm³/mol. The Hall–Kier alpha value is -1.56. The van der Waals surface area contributed by atoms with Crippen LogP contribution in [0.1, 0.15) is 33.3 Å². The summed E-state index contributed by atoms with van der Waals surface area (Å²) in [5.41, 5.74) is 2.64. The van der Waals surface area contributed by atoms with E-state index in [0.717, 1.165) is 0 Å². The van der Waals surface area contributed by atoms with E-state index in [1.165, 1.54) is 11.1 Å². The molecule has 0 aliphatic rings. The topological polar surface area (TPSA) is 0 Å². The molecule has 1 aromatic rings. The summed E-state index contributed by atoms with van der Waals surface area (Å²) < 4.78 is 0. The highest BCUT2D eigenvalue weighted by atomic mass is 13.8. The Labute approximate surface area is 101 Å². The van der Waals surface area contributed by atoms with Crippen LogP contribution in [0.4, 0.5) is 0 Å². The van der Waals surface area contributed by atoms with Crippen LogP contribution in [0, 0.1) is 0 Å². The fourth-order valence-electron chi connectivity index (χ4n) is 0.757. The van der Waals surface area contributed by atoms with E-state index in [9.17, 15) is 0 Å². The van der Waals surface area contributed by atoms with Gasteiger partial charge in [-0.2, -0.15) is 0 Å². The molecule has 0 aliphatic carbocycles. The van der Waals surface area contributed by atoms with E-state index in [4.69, 9.17) is 0 Å². The summed E-state index contributed by atoms with van der Waals surface area (Å²) in [5, 5.41) is 0. The Bertz CT molecular complexity index is 287. The highest BCUT2D eigenvalue weighted by molar-refractivity contribution is 5.47. The van der Waals surface area contributed by atoms with Crippen molar-refractivity contribution in [1.29, 1.82) is 0 Å². The zero-order valence-electron chi connectivity index (χ0n) is 11.0. The molecule has 16 heavy (non-hydrogen) atoms. The van der Waals surface area contributed by atoms with Crippen LogP contribution in [0.3, 0.4) is 0 Å². The van der Waals surface area contributed by atoms with Crippen molar-refractivity contribution in [3.8, 4) is 0 Å². The van der Waals surface area contributed by atoms with Crippen molar-refractivity contribution >= 4 is 6.08 Å². The third-order valence-corrected chi connectivity index (χ3v) is 1.74. The van der Waals surface area contributed by atoms with Gasteiger partial charge in [-0.1, -0.05) is 54.1 Å². The van der Waals surface area contributed by atoms with Gasteiger partial charge in [-0.05, 0) is 33.3 Å². The Morgan fingerprint density at radius 2 is 1.44 bits per heavy atom. The summed E-state index contributed by atoms with van der Waals surface area (Å²) in [6, 6.07) is 10.3. The van der Waals surface area contributed by atoms with Gasteiger partial charge < -0.3 is 0 Å². The maximum absolute atomic E-state index is 3.00. The average molecular weight is 216 g/mol. The van der Waals surface area contributed by atoms with Gasteiger partial charge in [0.2, 0.25) is 0 Å². The van der Waals surface area contributed by atoms with Gasteiger partial charge in [0.25, 0.3) is 0 Å². The predicted octanol–water partition coefficient (Wildman–Crippen LogP) is 5.49. The van der Waals surface area contributed by atoms with Crippen LogP contribution in [-0.4, -0.2) is 0 Å². The molecule has 0 spiro atoms. The fourth-order valence-corrected chi connectivity index (χ4v) is 0.757. The summed E-state index contributed by atoms with van der Waals surface area (Å²) >= 11 is 0. The molecule has 0 radical (unpaired) electrons. The van der Waals surface area contributed by atoms with E-state index in [0.29, 0.717) is 0 Å². The van der Waals surface area contributed by atoms with Gasteiger partial charge in [0, 0.05) is 0 Å². The van der Waals surface area contributed by atoms with Crippen LogP contribution in [0.2, 0.25) is 0 Å². The second kappa shape index (κ2) is 13.4. The van der Waals surface area contributed by atoms with E-state index in [2.05, 4.69) is 51.3 Å². The van der Waals surface area contributed by atoms with E-state index >= 15 is 0 Å². The molecule has 0 bridgehead atoms. The SMILES string of the molecule is C=C.CC=C(C)C.CC=Cc1ccccc1. The first-order chi connectivity index (χ1) is 7.70. The zero-order valence-corrected chi connectivity index (χ0v) is 11.0. The molecule has 0 heteroatoms. The smallest absolute Gasteiger partial charge is 0.0260 e. The van der Waals surface area contributed by atoms with Gasteiger partial charge in [-0.15, -0.1) is 13.2 Å². The lowest BCUT2D eigenvalue weighted by Crippen LogP contribution is -1.65. The molecule has 0 saturated heterocycles. The molecule has 0 heterocycles. The van der Waals surface area contributed by atoms with Crippen molar-refractivity contribution in [2.75, 3.05) is 0 Å². The number of hydrogen-bond donors (Lipinski definition) is 0. The molecule has 0 atom stereocenters. The molecule has 0 aromatic heterocycles. The molecule has 0 fully saturated rings. The second-order valence-electron chi connectivity index (χ2n) is 3.28. The Morgan fingerprint density at radius 3 is 1.75 bits per heavy atom.